The Morgan fingerprint density at radius 3 is 2.53 bits per heavy atom. The van der Waals surface area contributed by atoms with Crippen LogP contribution in [-0.4, -0.2) is 18.7 Å². The molecule has 0 aromatic heterocycles. The highest BCUT2D eigenvalue weighted by molar-refractivity contribution is 5.85. The van der Waals surface area contributed by atoms with Gasteiger partial charge in [-0.2, -0.15) is 0 Å². The van der Waals surface area contributed by atoms with Gasteiger partial charge >= 0.3 is 6.09 Å². The van der Waals surface area contributed by atoms with E-state index in [-0.39, 0.29) is 5.82 Å². The molecule has 0 heterocycles. The SMILES string of the molecule is CNc1cc(NC(=O)OC(C)(C)C)ccc1F. The van der Waals surface area contributed by atoms with Crippen molar-refractivity contribution >= 4 is 17.5 Å². The molecule has 0 aliphatic heterocycles. The third-order valence-corrected chi connectivity index (χ3v) is 1.88. The Morgan fingerprint density at radius 2 is 2.00 bits per heavy atom. The zero-order chi connectivity index (χ0) is 13.1. The Morgan fingerprint density at radius 1 is 1.35 bits per heavy atom. The van der Waals surface area contributed by atoms with E-state index in [0.29, 0.717) is 11.4 Å². The van der Waals surface area contributed by atoms with Crippen molar-refractivity contribution in [3.8, 4) is 0 Å². The maximum absolute atomic E-state index is 13.2. The van der Waals surface area contributed by atoms with Gasteiger partial charge in [0.05, 0.1) is 5.69 Å². The quantitative estimate of drug-likeness (QED) is 0.834. The molecule has 0 bridgehead atoms. The fourth-order valence-corrected chi connectivity index (χ4v) is 1.22. The highest BCUT2D eigenvalue weighted by Crippen LogP contribution is 2.19. The number of anilines is 2. The van der Waals surface area contributed by atoms with Crippen LogP contribution < -0.4 is 10.6 Å². The highest BCUT2D eigenvalue weighted by Gasteiger charge is 2.16. The third-order valence-electron chi connectivity index (χ3n) is 1.88. The second kappa shape index (κ2) is 5.03. The van der Waals surface area contributed by atoms with Gasteiger partial charge in [-0.15, -0.1) is 0 Å². The van der Waals surface area contributed by atoms with Gasteiger partial charge in [0.2, 0.25) is 0 Å². The molecule has 0 spiro atoms. The summed E-state index contributed by atoms with van der Waals surface area (Å²) in [6.07, 6.45) is -0.564. The molecule has 5 heteroatoms. The molecule has 0 saturated carbocycles. The number of hydrogen-bond acceptors (Lipinski definition) is 3. The third kappa shape index (κ3) is 4.30. The summed E-state index contributed by atoms with van der Waals surface area (Å²) in [5, 5.41) is 5.22. The van der Waals surface area contributed by atoms with Crippen LogP contribution in [0.5, 0.6) is 0 Å². The Hall–Kier alpha value is -1.78. The van der Waals surface area contributed by atoms with Crippen molar-refractivity contribution in [1.82, 2.24) is 0 Å². The molecule has 0 unspecified atom stereocenters. The van der Waals surface area contributed by atoms with Crippen molar-refractivity contribution in [3.05, 3.63) is 24.0 Å². The lowest BCUT2D eigenvalue weighted by atomic mass is 10.2. The second-order valence-corrected chi connectivity index (χ2v) is 4.57. The smallest absolute Gasteiger partial charge is 0.412 e. The Bertz CT molecular complexity index is 413. The standard InChI is InChI=1S/C12H17FN2O2/c1-12(2,3)17-11(16)15-8-5-6-9(13)10(7-8)14-4/h5-7,14H,1-4H3,(H,15,16). The minimum absolute atomic E-state index is 0.318. The summed E-state index contributed by atoms with van der Waals surface area (Å²) >= 11 is 0. The molecule has 2 N–H and O–H groups in total. The second-order valence-electron chi connectivity index (χ2n) is 4.57. The number of halogens is 1. The van der Waals surface area contributed by atoms with Crippen molar-refractivity contribution in [2.45, 2.75) is 26.4 Å². The van der Waals surface area contributed by atoms with Gasteiger partial charge < -0.3 is 10.1 Å². The molecule has 1 amide bonds. The summed E-state index contributed by atoms with van der Waals surface area (Å²) in [7, 11) is 1.61. The van der Waals surface area contributed by atoms with Crippen molar-refractivity contribution < 1.29 is 13.9 Å². The van der Waals surface area contributed by atoms with Crippen LogP contribution in [0.3, 0.4) is 0 Å². The van der Waals surface area contributed by atoms with E-state index in [0.717, 1.165) is 0 Å². The van der Waals surface area contributed by atoms with E-state index in [9.17, 15) is 9.18 Å². The number of nitrogens with one attached hydrogen (secondary N) is 2. The minimum Gasteiger partial charge on any atom is -0.444 e. The zero-order valence-electron chi connectivity index (χ0n) is 10.4. The number of carbonyl (C=O) groups excluding carboxylic acids is 1. The summed E-state index contributed by atoms with van der Waals surface area (Å²) in [6.45, 7) is 5.32. The van der Waals surface area contributed by atoms with Crippen LogP contribution in [0.2, 0.25) is 0 Å². The normalized spacial score (nSPS) is 10.9. The summed E-state index contributed by atoms with van der Waals surface area (Å²) in [5.74, 6) is -0.373. The highest BCUT2D eigenvalue weighted by atomic mass is 19.1. The van der Waals surface area contributed by atoms with E-state index < -0.39 is 11.7 Å². The van der Waals surface area contributed by atoms with E-state index in [4.69, 9.17) is 4.74 Å². The molecule has 4 nitrogen and oxygen atoms in total. The molecular weight excluding hydrogens is 223 g/mol. The largest absolute Gasteiger partial charge is 0.444 e. The lowest BCUT2D eigenvalue weighted by Crippen LogP contribution is -2.27. The van der Waals surface area contributed by atoms with Gasteiger partial charge in [-0.1, -0.05) is 0 Å². The molecule has 1 aromatic rings. The van der Waals surface area contributed by atoms with Gasteiger partial charge in [-0.3, -0.25) is 5.32 Å². The van der Waals surface area contributed by atoms with Crippen LogP contribution in [0.1, 0.15) is 20.8 Å². The molecule has 17 heavy (non-hydrogen) atoms. The molecule has 0 radical (unpaired) electrons. The van der Waals surface area contributed by atoms with E-state index in [1.54, 1.807) is 27.8 Å². The van der Waals surface area contributed by atoms with E-state index in [2.05, 4.69) is 10.6 Å². The van der Waals surface area contributed by atoms with Crippen molar-refractivity contribution in [1.29, 1.82) is 0 Å². The van der Waals surface area contributed by atoms with Crippen molar-refractivity contribution in [2.24, 2.45) is 0 Å². The summed E-state index contributed by atoms with van der Waals surface area (Å²) < 4.78 is 18.3. The first-order valence-electron chi connectivity index (χ1n) is 5.29. The van der Waals surface area contributed by atoms with E-state index in [1.807, 2.05) is 0 Å². The lowest BCUT2D eigenvalue weighted by molar-refractivity contribution is 0.0636. The van der Waals surface area contributed by atoms with Gasteiger partial charge in [0.1, 0.15) is 11.4 Å². The van der Waals surface area contributed by atoms with Gasteiger partial charge in [-0.05, 0) is 39.0 Å². The van der Waals surface area contributed by atoms with Gasteiger partial charge in [0, 0.05) is 12.7 Å². The number of ether oxygens (including phenoxy) is 1. The maximum Gasteiger partial charge on any atom is 0.412 e. The van der Waals surface area contributed by atoms with E-state index >= 15 is 0 Å². The fourth-order valence-electron chi connectivity index (χ4n) is 1.22. The van der Waals surface area contributed by atoms with Crippen LogP contribution in [0.25, 0.3) is 0 Å². The van der Waals surface area contributed by atoms with Crippen LogP contribution >= 0.6 is 0 Å². The minimum atomic E-state index is -0.564. The molecule has 0 aliphatic carbocycles. The first kappa shape index (κ1) is 13.3. The van der Waals surface area contributed by atoms with Crippen LogP contribution in [0.15, 0.2) is 18.2 Å². The number of rotatable bonds is 2. The predicted octanol–water partition coefficient (Wildman–Crippen LogP) is 3.21. The lowest BCUT2D eigenvalue weighted by Gasteiger charge is -2.19. The monoisotopic (exact) mass is 240 g/mol. The summed E-state index contributed by atoms with van der Waals surface area (Å²) in [6, 6.07) is 4.25. The van der Waals surface area contributed by atoms with Crippen LogP contribution in [-0.2, 0) is 4.74 Å². The van der Waals surface area contributed by atoms with Crippen molar-refractivity contribution in [3.63, 3.8) is 0 Å². The van der Waals surface area contributed by atoms with Gasteiger partial charge in [0.25, 0.3) is 0 Å². The molecule has 0 fully saturated rings. The first-order valence-corrected chi connectivity index (χ1v) is 5.29. The number of benzene rings is 1. The van der Waals surface area contributed by atoms with Crippen LogP contribution in [0.4, 0.5) is 20.6 Å². The molecule has 94 valence electrons. The van der Waals surface area contributed by atoms with Gasteiger partial charge in [-0.25, -0.2) is 9.18 Å². The summed E-state index contributed by atoms with van der Waals surface area (Å²) in [4.78, 5) is 11.5. The fraction of sp³-hybridized carbons (Fsp3) is 0.417. The Balaban J connectivity index is 2.72. The molecule has 0 atom stereocenters. The predicted molar refractivity (Wildman–Crippen MR) is 65.8 cm³/mol. The zero-order valence-corrected chi connectivity index (χ0v) is 10.4. The molecule has 0 saturated heterocycles. The maximum atomic E-state index is 13.2. The van der Waals surface area contributed by atoms with Gasteiger partial charge in [0.15, 0.2) is 0 Å². The first-order chi connectivity index (χ1) is 7.81. The van der Waals surface area contributed by atoms with Crippen LogP contribution in [0, 0.1) is 5.82 Å². The Kier molecular flexibility index (Phi) is 3.93. The molecule has 1 aromatic carbocycles. The van der Waals surface area contributed by atoms with Crippen molar-refractivity contribution in [2.75, 3.05) is 17.7 Å². The number of carbonyl (C=O) groups is 1. The molecular formula is C12H17FN2O2. The Labute approximate surface area is 100 Å². The number of hydrogen-bond donors (Lipinski definition) is 2. The average Bonchev–Trinajstić information content (AvgIpc) is 2.18. The summed E-state index contributed by atoms with van der Waals surface area (Å²) in [5.41, 5.74) is 0.235. The molecule has 1 rings (SSSR count). The van der Waals surface area contributed by atoms with E-state index in [1.165, 1.54) is 18.2 Å². The molecule has 0 aliphatic rings. The number of amides is 1. The topological polar surface area (TPSA) is 50.4 Å². The average molecular weight is 240 g/mol.